The Labute approximate surface area is 280 Å². The predicted octanol–water partition coefficient (Wildman–Crippen LogP) is 13.3. The molecule has 7 aromatic carbocycles. The Kier molecular flexibility index (Phi) is 7.52. The number of benzene rings is 7. The van der Waals surface area contributed by atoms with Gasteiger partial charge in [-0.05, 0) is 81.6 Å². The Hall–Kier alpha value is -6.38. The summed E-state index contributed by atoms with van der Waals surface area (Å²) in [4.78, 5) is 2.37. The SMILES string of the molecule is C=C/C=C\C(=C)c1cccc(N(c2ccccc2-c2ccccc2)c2ccccc2-c2ccc3oc4cc5ccccc5cc4c3c2)c1. The van der Waals surface area contributed by atoms with Crippen molar-refractivity contribution in [2.24, 2.45) is 0 Å². The molecule has 2 nitrogen and oxygen atoms in total. The van der Waals surface area contributed by atoms with Gasteiger partial charge in [-0.2, -0.15) is 0 Å². The second-order valence-electron chi connectivity index (χ2n) is 11.9. The van der Waals surface area contributed by atoms with E-state index in [4.69, 9.17) is 4.42 Å². The van der Waals surface area contributed by atoms with Gasteiger partial charge in [-0.25, -0.2) is 0 Å². The smallest absolute Gasteiger partial charge is 0.136 e. The highest BCUT2D eigenvalue weighted by atomic mass is 16.3. The van der Waals surface area contributed by atoms with Crippen molar-refractivity contribution in [2.75, 3.05) is 4.90 Å². The number of hydrogen-bond donors (Lipinski definition) is 0. The van der Waals surface area contributed by atoms with Crippen LogP contribution >= 0.6 is 0 Å². The van der Waals surface area contributed by atoms with E-state index in [9.17, 15) is 0 Å². The zero-order valence-corrected chi connectivity index (χ0v) is 26.5. The van der Waals surface area contributed by atoms with E-state index >= 15 is 0 Å². The molecule has 0 bridgehead atoms. The van der Waals surface area contributed by atoms with E-state index in [1.807, 2.05) is 12.2 Å². The molecule has 0 N–H and O–H groups in total. The fourth-order valence-electron chi connectivity index (χ4n) is 6.61. The van der Waals surface area contributed by atoms with Crippen LogP contribution in [0, 0.1) is 0 Å². The third kappa shape index (κ3) is 5.30. The van der Waals surface area contributed by atoms with Crippen LogP contribution in [0.4, 0.5) is 17.1 Å². The van der Waals surface area contributed by atoms with Gasteiger partial charge < -0.3 is 9.32 Å². The summed E-state index contributed by atoms with van der Waals surface area (Å²) < 4.78 is 6.37. The zero-order chi connectivity index (χ0) is 32.5. The molecule has 0 amide bonds. The number of rotatable bonds is 8. The lowest BCUT2D eigenvalue weighted by Gasteiger charge is -2.30. The quantitative estimate of drug-likeness (QED) is 0.158. The van der Waals surface area contributed by atoms with Crippen molar-refractivity contribution in [3.05, 3.63) is 195 Å². The summed E-state index contributed by atoms with van der Waals surface area (Å²) in [7, 11) is 0. The van der Waals surface area contributed by atoms with Crippen molar-refractivity contribution in [2.45, 2.75) is 0 Å². The Morgan fingerprint density at radius 2 is 1.19 bits per heavy atom. The van der Waals surface area contributed by atoms with Crippen molar-refractivity contribution in [3.63, 3.8) is 0 Å². The second-order valence-corrected chi connectivity index (χ2v) is 11.9. The maximum atomic E-state index is 6.37. The van der Waals surface area contributed by atoms with Crippen molar-refractivity contribution in [1.29, 1.82) is 0 Å². The van der Waals surface area contributed by atoms with Crippen molar-refractivity contribution < 1.29 is 4.42 Å². The minimum atomic E-state index is 0.881. The number of nitrogens with zero attached hydrogens (tertiary/aromatic N) is 1. The average molecular weight is 616 g/mol. The first-order chi connectivity index (χ1) is 23.7. The highest BCUT2D eigenvalue weighted by molar-refractivity contribution is 6.11. The highest BCUT2D eigenvalue weighted by Crippen LogP contribution is 2.45. The van der Waals surface area contributed by atoms with Crippen LogP contribution in [0.25, 0.3) is 60.5 Å². The molecule has 228 valence electrons. The van der Waals surface area contributed by atoms with Gasteiger partial charge in [-0.1, -0.05) is 141 Å². The first kappa shape index (κ1) is 29.1. The number of para-hydroxylation sites is 2. The maximum Gasteiger partial charge on any atom is 0.136 e. The molecule has 0 saturated carbocycles. The first-order valence-electron chi connectivity index (χ1n) is 16.2. The molecule has 0 atom stereocenters. The summed E-state index contributed by atoms with van der Waals surface area (Å²) in [6, 6.07) is 55.8. The molecular weight excluding hydrogens is 583 g/mol. The number of hydrogen-bond acceptors (Lipinski definition) is 2. The molecule has 1 aromatic heterocycles. The van der Waals surface area contributed by atoms with Crippen molar-refractivity contribution in [3.8, 4) is 22.3 Å². The van der Waals surface area contributed by atoms with Crippen LogP contribution < -0.4 is 4.90 Å². The summed E-state index contributed by atoms with van der Waals surface area (Å²) in [6.45, 7) is 8.18. The molecule has 0 aliphatic heterocycles. The minimum Gasteiger partial charge on any atom is -0.456 e. The monoisotopic (exact) mass is 615 g/mol. The van der Waals surface area contributed by atoms with E-state index in [2.05, 4.69) is 176 Å². The standard InChI is InChI=1S/C46H33NO/c1-3-4-15-32(2)34-20-14-21-38(28-34)47(43-24-12-10-22-39(43)33-16-6-5-7-17-33)44-25-13-11-23-40(44)37-26-27-45-41(30-37)42-29-35-18-8-9-19-36(35)31-46(42)48-45/h3-31H,1-2H2/b15-4-. The first-order valence-corrected chi connectivity index (χ1v) is 16.2. The molecule has 0 saturated heterocycles. The van der Waals surface area contributed by atoms with Gasteiger partial charge in [0.2, 0.25) is 0 Å². The molecule has 0 fully saturated rings. The Morgan fingerprint density at radius 1 is 0.542 bits per heavy atom. The average Bonchev–Trinajstić information content (AvgIpc) is 3.50. The summed E-state index contributed by atoms with van der Waals surface area (Å²) in [5.74, 6) is 0. The highest BCUT2D eigenvalue weighted by Gasteiger charge is 2.21. The molecule has 0 aliphatic rings. The lowest BCUT2D eigenvalue weighted by Crippen LogP contribution is -2.12. The fourth-order valence-corrected chi connectivity index (χ4v) is 6.61. The van der Waals surface area contributed by atoms with Crippen LogP contribution in [0.15, 0.2) is 194 Å². The van der Waals surface area contributed by atoms with E-state index in [0.717, 1.165) is 72.4 Å². The van der Waals surface area contributed by atoms with Crippen molar-refractivity contribution in [1.82, 2.24) is 0 Å². The predicted molar refractivity (Wildman–Crippen MR) is 205 cm³/mol. The zero-order valence-electron chi connectivity index (χ0n) is 26.5. The largest absolute Gasteiger partial charge is 0.456 e. The van der Waals surface area contributed by atoms with Gasteiger partial charge in [0.1, 0.15) is 11.2 Å². The van der Waals surface area contributed by atoms with Crippen LogP contribution in [0.5, 0.6) is 0 Å². The van der Waals surface area contributed by atoms with E-state index in [1.54, 1.807) is 6.08 Å². The summed E-state index contributed by atoms with van der Waals surface area (Å²) in [5, 5.41) is 4.60. The third-order valence-electron chi connectivity index (χ3n) is 8.93. The van der Waals surface area contributed by atoms with Crippen LogP contribution in [0.2, 0.25) is 0 Å². The number of furan rings is 1. The van der Waals surface area contributed by atoms with E-state index in [-0.39, 0.29) is 0 Å². The molecule has 8 rings (SSSR count). The minimum absolute atomic E-state index is 0.881. The molecule has 1 heterocycles. The Bertz CT molecular complexity index is 2500. The van der Waals surface area contributed by atoms with Gasteiger partial charge in [0.15, 0.2) is 0 Å². The van der Waals surface area contributed by atoms with Gasteiger partial charge in [0.05, 0.1) is 11.4 Å². The lowest BCUT2D eigenvalue weighted by atomic mass is 9.97. The fraction of sp³-hybridized carbons (Fsp3) is 0. The Morgan fingerprint density at radius 3 is 1.94 bits per heavy atom. The van der Waals surface area contributed by atoms with E-state index in [1.165, 1.54) is 10.8 Å². The van der Waals surface area contributed by atoms with E-state index in [0.29, 0.717) is 0 Å². The van der Waals surface area contributed by atoms with Crippen LogP contribution in [0.1, 0.15) is 5.56 Å². The Balaban J connectivity index is 1.35. The maximum absolute atomic E-state index is 6.37. The van der Waals surface area contributed by atoms with Gasteiger partial charge in [-0.3, -0.25) is 0 Å². The van der Waals surface area contributed by atoms with Gasteiger partial charge in [-0.15, -0.1) is 0 Å². The second kappa shape index (κ2) is 12.4. The van der Waals surface area contributed by atoms with Crippen LogP contribution in [-0.2, 0) is 0 Å². The summed E-state index contributed by atoms with van der Waals surface area (Å²) in [6.07, 6.45) is 5.69. The normalized spacial score (nSPS) is 11.4. The molecule has 0 radical (unpaired) electrons. The van der Waals surface area contributed by atoms with Crippen LogP contribution in [-0.4, -0.2) is 0 Å². The topological polar surface area (TPSA) is 16.4 Å². The third-order valence-corrected chi connectivity index (χ3v) is 8.93. The molecule has 0 aliphatic carbocycles. The summed E-state index contributed by atoms with van der Waals surface area (Å²) >= 11 is 0. The molecular formula is C46H33NO. The van der Waals surface area contributed by atoms with Gasteiger partial charge in [0, 0.05) is 27.6 Å². The number of allylic oxidation sites excluding steroid dienone is 4. The number of fused-ring (bicyclic) bond motifs is 4. The lowest BCUT2D eigenvalue weighted by molar-refractivity contribution is 0.669. The summed E-state index contributed by atoms with van der Waals surface area (Å²) in [5.41, 5.74) is 11.5. The van der Waals surface area contributed by atoms with Gasteiger partial charge in [0.25, 0.3) is 0 Å². The molecule has 8 aromatic rings. The molecule has 0 unspecified atom stereocenters. The van der Waals surface area contributed by atoms with Crippen molar-refractivity contribution >= 4 is 55.3 Å². The van der Waals surface area contributed by atoms with Crippen LogP contribution in [0.3, 0.4) is 0 Å². The molecule has 0 spiro atoms. The van der Waals surface area contributed by atoms with Gasteiger partial charge >= 0.3 is 0 Å². The van der Waals surface area contributed by atoms with E-state index < -0.39 is 0 Å². The molecule has 2 heteroatoms. The number of anilines is 3. The molecule has 48 heavy (non-hydrogen) atoms.